The molecule has 0 radical (unpaired) electrons. The zero-order chi connectivity index (χ0) is 14.6. The maximum Gasteiger partial charge on any atom is 0.122 e. The van der Waals surface area contributed by atoms with Gasteiger partial charge in [-0.1, -0.05) is 32.9 Å². The summed E-state index contributed by atoms with van der Waals surface area (Å²) in [5, 5.41) is 3.37. The molecule has 3 nitrogen and oxygen atoms in total. The molecule has 1 aromatic carbocycles. The molecule has 2 rings (SSSR count). The van der Waals surface area contributed by atoms with Crippen LogP contribution in [0, 0.1) is 6.92 Å². The predicted molar refractivity (Wildman–Crippen MR) is 84.7 cm³/mol. The second-order valence-electron chi connectivity index (χ2n) is 6.67. The van der Waals surface area contributed by atoms with E-state index in [0.717, 1.165) is 45.1 Å². The van der Waals surface area contributed by atoms with Crippen molar-refractivity contribution in [2.24, 2.45) is 0 Å². The molecule has 0 aliphatic carbocycles. The first-order valence-electron chi connectivity index (χ1n) is 7.64. The highest BCUT2D eigenvalue weighted by Gasteiger charge is 2.15. The van der Waals surface area contributed by atoms with Gasteiger partial charge in [0.05, 0.1) is 0 Å². The molecule has 1 aliphatic rings. The predicted octanol–water partition coefficient (Wildman–Crippen LogP) is 2.58. The second kappa shape index (κ2) is 6.59. The first-order valence-corrected chi connectivity index (χ1v) is 7.64. The van der Waals surface area contributed by atoms with E-state index in [1.165, 1.54) is 11.1 Å². The van der Waals surface area contributed by atoms with Crippen LogP contribution in [0.2, 0.25) is 0 Å². The Labute approximate surface area is 123 Å². The molecule has 0 atom stereocenters. The Morgan fingerprint density at radius 3 is 2.50 bits per heavy atom. The van der Waals surface area contributed by atoms with Crippen LogP contribution in [0.5, 0.6) is 5.75 Å². The Hall–Kier alpha value is -1.06. The smallest absolute Gasteiger partial charge is 0.122 e. The number of benzene rings is 1. The lowest BCUT2D eigenvalue weighted by Gasteiger charge is -2.27. The van der Waals surface area contributed by atoms with E-state index in [2.05, 4.69) is 56.1 Å². The lowest BCUT2D eigenvalue weighted by Crippen LogP contribution is -2.44. The molecule has 1 heterocycles. The number of piperazine rings is 1. The van der Waals surface area contributed by atoms with Crippen LogP contribution in [-0.2, 0) is 5.41 Å². The Bertz CT molecular complexity index is 431. The van der Waals surface area contributed by atoms with Crippen molar-refractivity contribution < 1.29 is 4.74 Å². The molecule has 0 amide bonds. The number of nitrogens with zero attached hydrogens (tertiary/aromatic N) is 1. The summed E-state index contributed by atoms with van der Waals surface area (Å²) in [6.45, 7) is 15.1. The summed E-state index contributed by atoms with van der Waals surface area (Å²) in [7, 11) is 0. The fraction of sp³-hybridized carbons (Fsp3) is 0.647. The topological polar surface area (TPSA) is 24.5 Å². The van der Waals surface area contributed by atoms with Gasteiger partial charge in [0.1, 0.15) is 12.4 Å². The Morgan fingerprint density at radius 1 is 1.20 bits per heavy atom. The van der Waals surface area contributed by atoms with Crippen molar-refractivity contribution in [2.45, 2.75) is 33.1 Å². The van der Waals surface area contributed by atoms with Gasteiger partial charge < -0.3 is 10.1 Å². The maximum atomic E-state index is 5.95. The summed E-state index contributed by atoms with van der Waals surface area (Å²) < 4.78 is 5.95. The van der Waals surface area contributed by atoms with Crippen LogP contribution < -0.4 is 10.1 Å². The van der Waals surface area contributed by atoms with E-state index in [-0.39, 0.29) is 5.41 Å². The van der Waals surface area contributed by atoms with E-state index >= 15 is 0 Å². The molecule has 0 spiro atoms. The number of aryl methyl sites for hydroxylation is 1. The van der Waals surface area contributed by atoms with Gasteiger partial charge in [0.25, 0.3) is 0 Å². The van der Waals surface area contributed by atoms with Gasteiger partial charge in [-0.25, -0.2) is 0 Å². The van der Waals surface area contributed by atoms with E-state index in [0.29, 0.717) is 0 Å². The number of hydrogen-bond acceptors (Lipinski definition) is 3. The normalized spacial score (nSPS) is 17.2. The molecule has 112 valence electrons. The molecule has 20 heavy (non-hydrogen) atoms. The standard InChI is InChI=1S/C17H28N2O/c1-14-13-15(17(2,3)4)5-6-16(14)20-12-11-19-9-7-18-8-10-19/h5-6,13,18H,7-12H2,1-4H3. The van der Waals surface area contributed by atoms with Crippen molar-refractivity contribution >= 4 is 0 Å². The van der Waals surface area contributed by atoms with Crippen LogP contribution in [0.3, 0.4) is 0 Å². The Morgan fingerprint density at radius 2 is 1.90 bits per heavy atom. The van der Waals surface area contributed by atoms with Crippen molar-refractivity contribution in [3.05, 3.63) is 29.3 Å². The molecule has 1 N–H and O–H groups in total. The van der Waals surface area contributed by atoms with E-state index in [9.17, 15) is 0 Å². The van der Waals surface area contributed by atoms with E-state index in [4.69, 9.17) is 4.74 Å². The van der Waals surface area contributed by atoms with Crippen molar-refractivity contribution in [3.8, 4) is 5.75 Å². The molecule has 0 bridgehead atoms. The third-order valence-corrected chi connectivity index (χ3v) is 3.92. The van der Waals surface area contributed by atoms with Gasteiger partial charge in [0, 0.05) is 32.7 Å². The van der Waals surface area contributed by atoms with Gasteiger partial charge in [0.15, 0.2) is 0 Å². The summed E-state index contributed by atoms with van der Waals surface area (Å²) in [4.78, 5) is 2.45. The summed E-state index contributed by atoms with van der Waals surface area (Å²) in [5.74, 6) is 1.02. The van der Waals surface area contributed by atoms with Crippen molar-refractivity contribution in [3.63, 3.8) is 0 Å². The maximum absolute atomic E-state index is 5.95. The van der Waals surface area contributed by atoms with Crippen LogP contribution >= 0.6 is 0 Å². The van der Waals surface area contributed by atoms with E-state index in [1.807, 2.05) is 0 Å². The van der Waals surface area contributed by atoms with Gasteiger partial charge >= 0.3 is 0 Å². The summed E-state index contributed by atoms with van der Waals surface area (Å²) in [6.07, 6.45) is 0. The quantitative estimate of drug-likeness (QED) is 0.915. The highest BCUT2D eigenvalue weighted by atomic mass is 16.5. The minimum absolute atomic E-state index is 0.199. The van der Waals surface area contributed by atoms with Crippen molar-refractivity contribution in [1.82, 2.24) is 10.2 Å². The molecule has 1 saturated heterocycles. The second-order valence-corrected chi connectivity index (χ2v) is 6.67. The van der Waals surface area contributed by atoms with Crippen LogP contribution in [0.1, 0.15) is 31.9 Å². The van der Waals surface area contributed by atoms with Crippen LogP contribution in [0.4, 0.5) is 0 Å². The first kappa shape index (κ1) is 15.3. The third-order valence-electron chi connectivity index (χ3n) is 3.92. The van der Waals surface area contributed by atoms with Gasteiger partial charge in [-0.3, -0.25) is 4.90 Å². The number of nitrogens with one attached hydrogen (secondary N) is 1. The number of ether oxygens (including phenoxy) is 1. The van der Waals surface area contributed by atoms with Gasteiger partial charge in [-0.15, -0.1) is 0 Å². The summed E-state index contributed by atoms with van der Waals surface area (Å²) in [6, 6.07) is 6.56. The summed E-state index contributed by atoms with van der Waals surface area (Å²) in [5.41, 5.74) is 2.80. The summed E-state index contributed by atoms with van der Waals surface area (Å²) >= 11 is 0. The molecule has 3 heteroatoms. The molecule has 0 saturated carbocycles. The lowest BCUT2D eigenvalue weighted by atomic mass is 9.86. The number of hydrogen-bond donors (Lipinski definition) is 1. The van der Waals surface area contributed by atoms with Crippen LogP contribution in [-0.4, -0.2) is 44.2 Å². The lowest BCUT2D eigenvalue weighted by molar-refractivity contribution is 0.191. The third kappa shape index (κ3) is 4.22. The van der Waals surface area contributed by atoms with Gasteiger partial charge in [-0.05, 0) is 29.5 Å². The fourth-order valence-electron chi connectivity index (χ4n) is 2.50. The van der Waals surface area contributed by atoms with Gasteiger partial charge in [-0.2, -0.15) is 0 Å². The van der Waals surface area contributed by atoms with E-state index < -0.39 is 0 Å². The highest BCUT2D eigenvalue weighted by Crippen LogP contribution is 2.27. The zero-order valence-electron chi connectivity index (χ0n) is 13.3. The Balaban J connectivity index is 1.86. The fourth-order valence-corrected chi connectivity index (χ4v) is 2.50. The molecular weight excluding hydrogens is 248 g/mol. The first-order chi connectivity index (χ1) is 9.47. The molecule has 1 aliphatic heterocycles. The van der Waals surface area contributed by atoms with Crippen LogP contribution in [0.15, 0.2) is 18.2 Å². The van der Waals surface area contributed by atoms with Crippen LogP contribution in [0.25, 0.3) is 0 Å². The van der Waals surface area contributed by atoms with Crippen molar-refractivity contribution in [1.29, 1.82) is 0 Å². The number of rotatable bonds is 4. The molecule has 0 aromatic heterocycles. The zero-order valence-corrected chi connectivity index (χ0v) is 13.3. The molecule has 0 unspecified atom stereocenters. The SMILES string of the molecule is Cc1cc(C(C)(C)C)ccc1OCCN1CCNCC1. The monoisotopic (exact) mass is 276 g/mol. The molecule has 1 aromatic rings. The largest absolute Gasteiger partial charge is 0.492 e. The minimum atomic E-state index is 0.199. The molecular formula is C17H28N2O. The Kier molecular flexibility index (Phi) is 5.06. The van der Waals surface area contributed by atoms with Crippen molar-refractivity contribution in [2.75, 3.05) is 39.3 Å². The van der Waals surface area contributed by atoms with Gasteiger partial charge in [0.2, 0.25) is 0 Å². The van der Waals surface area contributed by atoms with E-state index in [1.54, 1.807) is 0 Å². The minimum Gasteiger partial charge on any atom is -0.492 e. The average Bonchev–Trinajstić information content (AvgIpc) is 2.40. The molecule has 1 fully saturated rings. The highest BCUT2D eigenvalue weighted by molar-refractivity contribution is 5.38. The average molecular weight is 276 g/mol.